The Hall–Kier alpha value is -1.07. The third-order valence-electron chi connectivity index (χ3n) is 3.03. The summed E-state index contributed by atoms with van der Waals surface area (Å²) in [5.41, 5.74) is 1.18. The van der Waals surface area contributed by atoms with Gasteiger partial charge in [-0.2, -0.15) is 0 Å². The number of anilines is 1. The maximum Gasteiger partial charge on any atom is 0.337 e. The second-order valence-corrected chi connectivity index (χ2v) is 5.17. The number of halogens is 1. The highest BCUT2D eigenvalue weighted by molar-refractivity contribution is 9.10. The molecule has 0 spiro atoms. The number of nitrogens with zero attached hydrogens (tertiary/aromatic N) is 2. The highest BCUT2D eigenvalue weighted by Crippen LogP contribution is 2.26. The minimum Gasteiger partial charge on any atom is -0.478 e. The van der Waals surface area contributed by atoms with Crippen molar-refractivity contribution in [2.24, 2.45) is 0 Å². The molecule has 17 heavy (non-hydrogen) atoms. The zero-order valence-corrected chi connectivity index (χ0v) is 11.3. The van der Waals surface area contributed by atoms with E-state index in [9.17, 15) is 9.90 Å². The van der Waals surface area contributed by atoms with Crippen LogP contribution in [0.1, 0.15) is 10.4 Å². The first-order chi connectivity index (χ1) is 8.08. The van der Waals surface area contributed by atoms with Gasteiger partial charge in [0.05, 0.1) is 11.3 Å². The summed E-state index contributed by atoms with van der Waals surface area (Å²) in [5, 5.41) is 9.19. The molecule has 0 unspecified atom stereocenters. The molecule has 1 fully saturated rings. The van der Waals surface area contributed by atoms with E-state index in [-0.39, 0.29) is 0 Å². The van der Waals surface area contributed by atoms with Crippen LogP contribution in [-0.4, -0.2) is 49.2 Å². The molecule has 92 valence electrons. The van der Waals surface area contributed by atoms with Gasteiger partial charge >= 0.3 is 5.97 Å². The van der Waals surface area contributed by atoms with Crippen molar-refractivity contribution in [1.29, 1.82) is 0 Å². The Morgan fingerprint density at radius 1 is 1.29 bits per heavy atom. The van der Waals surface area contributed by atoms with Crippen LogP contribution in [0.5, 0.6) is 0 Å². The fourth-order valence-corrected chi connectivity index (χ4v) is 2.34. The zero-order valence-electron chi connectivity index (χ0n) is 9.69. The largest absolute Gasteiger partial charge is 0.478 e. The fourth-order valence-electron chi connectivity index (χ4n) is 1.99. The van der Waals surface area contributed by atoms with E-state index in [1.807, 2.05) is 6.07 Å². The topological polar surface area (TPSA) is 43.8 Å². The van der Waals surface area contributed by atoms with Gasteiger partial charge in [-0.1, -0.05) is 15.9 Å². The van der Waals surface area contributed by atoms with Crippen molar-refractivity contribution in [3.05, 3.63) is 28.2 Å². The van der Waals surface area contributed by atoms with E-state index in [2.05, 4.69) is 32.8 Å². The third-order valence-corrected chi connectivity index (χ3v) is 3.53. The van der Waals surface area contributed by atoms with E-state index in [4.69, 9.17) is 0 Å². The predicted molar refractivity (Wildman–Crippen MR) is 70.8 cm³/mol. The molecule has 1 N–H and O–H groups in total. The van der Waals surface area contributed by atoms with Crippen molar-refractivity contribution >= 4 is 27.6 Å². The molecule has 1 heterocycles. The third kappa shape index (κ3) is 2.79. The predicted octanol–water partition coefficient (Wildman–Crippen LogP) is 1.90. The molecule has 1 saturated heterocycles. The SMILES string of the molecule is CN1CCN(c2cc(Br)ccc2C(=O)O)CC1. The first kappa shape index (κ1) is 12.4. The summed E-state index contributed by atoms with van der Waals surface area (Å²) in [7, 11) is 2.08. The fraction of sp³-hybridized carbons (Fsp3) is 0.417. The summed E-state index contributed by atoms with van der Waals surface area (Å²) in [4.78, 5) is 15.6. The molecular weight excluding hydrogens is 284 g/mol. The van der Waals surface area contributed by atoms with Gasteiger partial charge < -0.3 is 14.9 Å². The van der Waals surface area contributed by atoms with Crippen molar-refractivity contribution < 1.29 is 9.90 Å². The number of hydrogen-bond donors (Lipinski definition) is 1. The molecule has 1 aliphatic heterocycles. The second-order valence-electron chi connectivity index (χ2n) is 4.26. The highest BCUT2D eigenvalue weighted by Gasteiger charge is 2.19. The summed E-state index contributed by atoms with van der Waals surface area (Å²) in [6.45, 7) is 3.66. The standard InChI is InChI=1S/C12H15BrN2O2/c1-14-4-6-15(7-5-14)11-8-9(13)2-3-10(11)12(16)17/h2-3,8H,4-7H2,1H3,(H,16,17). The quantitative estimate of drug-likeness (QED) is 0.906. The van der Waals surface area contributed by atoms with Crippen molar-refractivity contribution in [1.82, 2.24) is 4.90 Å². The summed E-state index contributed by atoms with van der Waals surface area (Å²) >= 11 is 3.39. The van der Waals surface area contributed by atoms with E-state index < -0.39 is 5.97 Å². The number of carboxylic acid groups (broad SMARTS) is 1. The van der Waals surface area contributed by atoms with Crippen LogP contribution < -0.4 is 4.90 Å². The van der Waals surface area contributed by atoms with E-state index in [1.165, 1.54) is 0 Å². The van der Waals surface area contributed by atoms with E-state index in [0.29, 0.717) is 5.56 Å². The Morgan fingerprint density at radius 3 is 2.53 bits per heavy atom. The Kier molecular flexibility index (Phi) is 3.69. The van der Waals surface area contributed by atoms with Crippen molar-refractivity contribution in [2.75, 3.05) is 38.1 Å². The molecule has 0 bridgehead atoms. The zero-order chi connectivity index (χ0) is 12.4. The monoisotopic (exact) mass is 298 g/mol. The molecule has 0 aliphatic carbocycles. The molecule has 5 heteroatoms. The number of benzene rings is 1. The van der Waals surface area contributed by atoms with E-state index in [0.717, 1.165) is 36.3 Å². The Morgan fingerprint density at radius 2 is 1.94 bits per heavy atom. The van der Waals surface area contributed by atoms with Crippen LogP contribution in [0.2, 0.25) is 0 Å². The van der Waals surface area contributed by atoms with Gasteiger partial charge in [0, 0.05) is 30.7 Å². The summed E-state index contributed by atoms with van der Waals surface area (Å²) in [5.74, 6) is -0.869. The van der Waals surface area contributed by atoms with Crippen molar-refractivity contribution in [2.45, 2.75) is 0 Å². The average molecular weight is 299 g/mol. The average Bonchev–Trinajstić information content (AvgIpc) is 2.29. The number of aromatic carboxylic acids is 1. The van der Waals surface area contributed by atoms with Gasteiger partial charge in [0.1, 0.15) is 0 Å². The van der Waals surface area contributed by atoms with Gasteiger partial charge in [-0.25, -0.2) is 4.79 Å². The van der Waals surface area contributed by atoms with Gasteiger partial charge in [0.2, 0.25) is 0 Å². The Bertz CT molecular complexity index is 429. The minimum atomic E-state index is -0.869. The second kappa shape index (κ2) is 5.06. The van der Waals surface area contributed by atoms with E-state index in [1.54, 1.807) is 12.1 Å². The molecule has 0 aromatic heterocycles. The van der Waals surface area contributed by atoms with Crippen molar-refractivity contribution in [3.8, 4) is 0 Å². The molecular formula is C12H15BrN2O2. The maximum absolute atomic E-state index is 11.2. The summed E-state index contributed by atoms with van der Waals surface area (Å²) < 4.78 is 0.913. The minimum absolute atomic E-state index is 0.373. The molecule has 4 nitrogen and oxygen atoms in total. The lowest BCUT2D eigenvalue weighted by Crippen LogP contribution is -2.45. The molecule has 1 aromatic carbocycles. The van der Waals surface area contributed by atoms with Crippen LogP contribution in [0.25, 0.3) is 0 Å². The maximum atomic E-state index is 11.2. The van der Waals surface area contributed by atoms with Crippen molar-refractivity contribution in [3.63, 3.8) is 0 Å². The number of hydrogen-bond acceptors (Lipinski definition) is 3. The molecule has 0 atom stereocenters. The molecule has 1 aliphatic rings. The number of rotatable bonds is 2. The molecule has 0 amide bonds. The van der Waals surface area contributed by atoms with Gasteiger partial charge in [-0.3, -0.25) is 0 Å². The molecule has 0 radical (unpaired) electrons. The van der Waals surface area contributed by atoms with Gasteiger partial charge in [0.25, 0.3) is 0 Å². The van der Waals surface area contributed by atoms with Crippen LogP contribution in [0.4, 0.5) is 5.69 Å². The first-order valence-corrected chi connectivity index (χ1v) is 6.33. The smallest absolute Gasteiger partial charge is 0.337 e. The summed E-state index contributed by atoms with van der Waals surface area (Å²) in [6, 6.07) is 5.30. The van der Waals surface area contributed by atoms with Crippen LogP contribution in [0.15, 0.2) is 22.7 Å². The van der Waals surface area contributed by atoms with Crippen LogP contribution >= 0.6 is 15.9 Å². The molecule has 2 rings (SSSR count). The van der Waals surface area contributed by atoms with Crippen LogP contribution in [0, 0.1) is 0 Å². The molecule has 0 saturated carbocycles. The van der Waals surface area contributed by atoms with Gasteiger partial charge in [0.15, 0.2) is 0 Å². The van der Waals surface area contributed by atoms with Gasteiger partial charge in [-0.15, -0.1) is 0 Å². The van der Waals surface area contributed by atoms with E-state index >= 15 is 0 Å². The lowest BCUT2D eigenvalue weighted by Gasteiger charge is -2.34. The van der Waals surface area contributed by atoms with Crippen LogP contribution in [-0.2, 0) is 0 Å². The number of piperazine rings is 1. The van der Waals surface area contributed by atoms with Crippen LogP contribution in [0.3, 0.4) is 0 Å². The number of carboxylic acids is 1. The lowest BCUT2D eigenvalue weighted by atomic mass is 10.1. The number of carbonyl (C=O) groups is 1. The molecule has 1 aromatic rings. The summed E-state index contributed by atoms with van der Waals surface area (Å²) in [6.07, 6.45) is 0. The lowest BCUT2D eigenvalue weighted by molar-refractivity contribution is 0.0697. The highest BCUT2D eigenvalue weighted by atomic mass is 79.9. The normalized spacial score (nSPS) is 17.2. The first-order valence-electron chi connectivity index (χ1n) is 5.54. The Balaban J connectivity index is 2.30. The van der Waals surface area contributed by atoms with Gasteiger partial charge in [-0.05, 0) is 25.2 Å². The Labute approximate surface area is 109 Å². The number of likely N-dealkylation sites (N-methyl/N-ethyl adjacent to an activating group) is 1.